The van der Waals surface area contributed by atoms with Gasteiger partial charge in [0.2, 0.25) is 0 Å². The van der Waals surface area contributed by atoms with E-state index in [2.05, 4.69) is 39.9 Å². The van der Waals surface area contributed by atoms with Gasteiger partial charge in [-0.15, -0.1) is 0 Å². The second kappa shape index (κ2) is 10.8. The zero-order valence-electron chi connectivity index (χ0n) is 16.2. The number of hydrogen-bond donors (Lipinski definition) is 1. The van der Waals surface area contributed by atoms with Gasteiger partial charge in [0.05, 0.1) is 12.2 Å². The van der Waals surface area contributed by atoms with Crippen LogP contribution in [0, 0.1) is 11.7 Å². The van der Waals surface area contributed by atoms with Crippen molar-refractivity contribution >= 4 is 0 Å². The van der Waals surface area contributed by atoms with Crippen molar-refractivity contribution in [3.8, 4) is 0 Å². The van der Waals surface area contributed by atoms with Gasteiger partial charge in [-0.2, -0.15) is 0 Å². The molecule has 0 aliphatic heterocycles. The summed E-state index contributed by atoms with van der Waals surface area (Å²) in [6.07, 6.45) is 5.46. The normalized spacial score (nSPS) is 13.5. The lowest BCUT2D eigenvalue weighted by atomic mass is 9.98. The van der Waals surface area contributed by atoms with E-state index in [4.69, 9.17) is 4.74 Å². The summed E-state index contributed by atoms with van der Waals surface area (Å²) < 4.78 is 19.0. The average molecular weight is 338 g/mol. The lowest BCUT2D eigenvalue weighted by Crippen LogP contribution is -2.34. The van der Waals surface area contributed by atoms with Gasteiger partial charge in [-0.3, -0.25) is 0 Å². The average Bonchev–Trinajstić information content (AvgIpc) is 2.56. The molecule has 2 nitrogen and oxygen atoms in total. The highest BCUT2D eigenvalue weighted by Crippen LogP contribution is 2.19. The Bertz CT molecular complexity index is 440. The summed E-state index contributed by atoms with van der Waals surface area (Å²) in [5.74, 6) is 0.599. The van der Waals surface area contributed by atoms with Gasteiger partial charge in [-0.25, -0.2) is 4.39 Å². The lowest BCUT2D eigenvalue weighted by molar-refractivity contribution is -0.0244. The van der Waals surface area contributed by atoms with E-state index in [0.717, 1.165) is 37.3 Å². The summed E-state index contributed by atoms with van der Waals surface area (Å²) in [7, 11) is 0. The second-order valence-corrected chi connectivity index (χ2v) is 7.52. The maximum absolute atomic E-state index is 12.9. The molecule has 3 heteroatoms. The molecule has 0 spiro atoms. The van der Waals surface area contributed by atoms with Crippen LogP contribution in [0.25, 0.3) is 0 Å². The van der Waals surface area contributed by atoms with Crippen LogP contribution in [-0.2, 0) is 11.2 Å². The van der Waals surface area contributed by atoms with Crippen LogP contribution in [0.3, 0.4) is 0 Å². The van der Waals surface area contributed by atoms with E-state index in [1.54, 1.807) is 0 Å². The fraction of sp³-hybridized carbons (Fsp3) is 0.714. The molecule has 1 aromatic carbocycles. The van der Waals surface area contributed by atoms with Gasteiger partial charge < -0.3 is 10.1 Å². The molecule has 1 atom stereocenters. The minimum Gasteiger partial charge on any atom is -0.375 e. The molecule has 0 aliphatic carbocycles. The first-order valence-corrected chi connectivity index (χ1v) is 9.48. The quantitative estimate of drug-likeness (QED) is 0.554. The summed E-state index contributed by atoms with van der Waals surface area (Å²) >= 11 is 0. The Morgan fingerprint density at radius 2 is 1.75 bits per heavy atom. The summed E-state index contributed by atoms with van der Waals surface area (Å²) in [6.45, 7) is 12.9. The van der Waals surface area contributed by atoms with Gasteiger partial charge in [0, 0.05) is 6.04 Å². The first-order valence-electron chi connectivity index (χ1n) is 9.48. The summed E-state index contributed by atoms with van der Waals surface area (Å²) in [5, 5.41) is 3.65. The zero-order chi connectivity index (χ0) is 18.0. The van der Waals surface area contributed by atoms with Gasteiger partial charge >= 0.3 is 0 Å². The third kappa shape index (κ3) is 8.79. The monoisotopic (exact) mass is 337 g/mol. The van der Waals surface area contributed by atoms with E-state index in [0.29, 0.717) is 12.6 Å². The molecule has 1 aromatic rings. The van der Waals surface area contributed by atoms with Crippen LogP contribution in [0.2, 0.25) is 0 Å². The molecule has 0 amide bonds. The molecular weight excluding hydrogens is 301 g/mol. The first kappa shape index (κ1) is 21.1. The fourth-order valence-electron chi connectivity index (χ4n) is 2.78. The fourth-order valence-corrected chi connectivity index (χ4v) is 2.78. The Morgan fingerprint density at radius 3 is 2.33 bits per heavy atom. The molecule has 138 valence electrons. The number of ether oxygens (including phenoxy) is 1. The SMILES string of the molecule is CCC(CC)CNC(C)CCC(C)(C)OCCc1ccc(F)cc1. The standard InChI is InChI=1S/C21H36FNO/c1-6-18(7-2)16-23-17(3)12-14-21(4,5)24-15-13-19-8-10-20(22)11-9-19/h8-11,17-18,23H,6-7,12-16H2,1-5H3. The van der Waals surface area contributed by atoms with Crippen molar-refractivity contribution in [2.45, 2.75) is 78.4 Å². The predicted molar refractivity (Wildman–Crippen MR) is 101 cm³/mol. The molecule has 0 fully saturated rings. The maximum atomic E-state index is 12.9. The van der Waals surface area contributed by atoms with Crippen LogP contribution < -0.4 is 5.32 Å². The molecule has 1 N–H and O–H groups in total. The summed E-state index contributed by atoms with van der Waals surface area (Å²) in [5.41, 5.74) is 0.998. The molecule has 24 heavy (non-hydrogen) atoms. The Morgan fingerprint density at radius 1 is 1.12 bits per heavy atom. The van der Waals surface area contributed by atoms with Gasteiger partial charge in [0.15, 0.2) is 0 Å². The molecule has 0 bridgehead atoms. The second-order valence-electron chi connectivity index (χ2n) is 7.52. The molecular formula is C21H36FNO. The minimum atomic E-state index is -0.185. The molecule has 0 radical (unpaired) electrons. The van der Waals surface area contributed by atoms with Gasteiger partial charge in [0.25, 0.3) is 0 Å². The molecule has 0 aromatic heterocycles. The van der Waals surface area contributed by atoms with Crippen LogP contribution in [0.4, 0.5) is 4.39 Å². The molecule has 0 aliphatic rings. The van der Waals surface area contributed by atoms with E-state index < -0.39 is 0 Å². The zero-order valence-corrected chi connectivity index (χ0v) is 16.2. The number of benzene rings is 1. The van der Waals surface area contributed by atoms with E-state index in [-0.39, 0.29) is 11.4 Å². The van der Waals surface area contributed by atoms with Crippen LogP contribution in [0.15, 0.2) is 24.3 Å². The van der Waals surface area contributed by atoms with E-state index >= 15 is 0 Å². The third-order valence-electron chi connectivity index (χ3n) is 4.89. The van der Waals surface area contributed by atoms with Crippen LogP contribution in [0.5, 0.6) is 0 Å². The lowest BCUT2D eigenvalue weighted by Gasteiger charge is -2.27. The molecule has 0 saturated heterocycles. The number of nitrogens with one attached hydrogen (secondary N) is 1. The number of hydrogen-bond acceptors (Lipinski definition) is 2. The molecule has 1 rings (SSSR count). The molecule has 1 unspecified atom stereocenters. The smallest absolute Gasteiger partial charge is 0.123 e. The van der Waals surface area contributed by atoms with Crippen LogP contribution >= 0.6 is 0 Å². The summed E-state index contributed by atoms with van der Waals surface area (Å²) in [4.78, 5) is 0. The van der Waals surface area contributed by atoms with E-state index in [1.165, 1.54) is 25.0 Å². The Kier molecular flexibility index (Phi) is 9.53. The number of rotatable bonds is 12. The largest absolute Gasteiger partial charge is 0.375 e. The number of halogens is 1. The van der Waals surface area contributed by atoms with Crippen molar-refractivity contribution in [1.29, 1.82) is 0 Å². The van der Waals surface area contributed by atoms with Crippen molar-refractivity contribution in [3.63, 3.8) is 0 Å². The molecule has 0 heterocycles. The Balaban J connectivity index is 2.23. The first-order chi connectivity index (χ1) is 11.4. The Hall–Kier alpha value is -0.930. The third-order valence-corrected chi connectivity index (χ3v) is 4.89. The highest BCUT2D eigenvalue weighted by atomic mass is 19.1. The topological polar surface area (TPSA) is 21.3 Å². The van der Waals surface area contributed by atoms with Gasteiger partial charge in [-0.1, -0.05) is 38.8 Å². The summed E-state index contributed by atoms with van der Waals surface area (Å²) in [6, 6.07) is 7.19. The maximum Gasteiger partial charge on any atom is 0.123 e. The van der Waals surface area contributed by atoms with E-state index in [1.807, 2.05) is 12.1 Å². The van der Waals surface area contributed by atoms with Gasteiger partial charge in [0.1, 0.15) is 5.82 Å². The van der Waals surface area contributed by atoms with Crippen LogP contribution in [-0.4, -0.2) is 24.8 Å². The van der Waals surface area contributed by atoms with Gasteiger partial charge in [-0.05, 0) is 70.2 Å². The van der Waals surface area contributed by atoms with Crippen molar-refractivity contribution in [3.05, 3.63) is 35.6 Å². The van der Waals surface area contributed by atoms with Crippen molar-refractivity contribution in [1.82, 2.24) is 5.32 Å². The predicted octanol–water partition coefficient (Wildman–Crippen LogP) is 5.36. The van der Waals surface area contributed by atoms with E-state index in [9.17, 15) is 4.39 Å². The van der Waals surface area contributed by atoms with Crippen molar-refractivity contribution in [2.75, 3.05) is 13.2 Å². The highest BCUT2D eigenvalue weighted by molar-refractivity contribution is 5.16. The van der Waals surface area contributed by atoms with Crippen molar-refractivity contribution < 1.29 is 9.13 Å². The Labute approximate surface area is 148 Å². The van der Waals surface area contributed by atoms with Crippen molar-refractivity contribution in [2.24, 2.45) is 5.92 Å². The molecule has 0 saturated carbocycles. The minimum absolute atomic E-state index is 0.120. The highest BCUT2D eigenvalue weighted by Gasteiger charge is 2.19. The van der Waals surface area contributed by atoms with Crippen LogP contribution in [0.1, 0.15) is 65.9 Å².